The number of aryl methyl sites for hydroxylation is 1. The van der Waals surface area contributed by atoms with Crippen molar-refractivity contribution in [2.45, 2.75) is 6.54 Å². The standard InChI is InChI=1S/C25H21ClN4O2/c1-30-16-18(19-8-3-5-11-23(19)30)13-22(25(32)28-15-17-7-6-12-27-14-17)29-24(31)20-9-2-4-10-21(20)26/h2-14,16H,15H2,1H3,(H,28,32)(H,29,31)/b22-13-. The van der Waals surface area contributed by atoms with Crippen LogP contribution >= 0.6 is 11.6 Å². The van der Waals surface area contributed by atoms with Crippen LogP contribution in [-0.2, 0) is 18.4 Å². The first-order valence-electron chi connectivity index (χ1n) is 10.0. The van der Waals surface area contributed by atoms with Crippen molar-refractivity contribution in [3.05, 3.63) is 107 Å². The van der Waals surface area contributed by atoms with Crippen molar-refractivity contribution in [2.24, 2.45) is 7.05 Å². The highest BCUT2D eigenvalue weighted by atomic mass is 35.5. The van der Waals surface area contributed by atoms with Crippen LogP contribution in [0.5, 0.6) is 0 Å². The Bertz CT molecular complexity index is 1310. The Balaban J connectivity index is 1.67. The van der Waals surface area contributed by atoms with Crippen molar-refractivity contribution in [1.29, 1.82) is 0 Å². The summed E-state index contributed by atoms with van der Waals surface area (Å²) >= 11 is 6.17. The van der Waals surface area contributed by atoms with Crippen LogP contribution in [0.2, 0.25) is 5.02 Å². The van der Waals surface area contributed by atoms with Crippen molar-refractivity contribution in [3.63, 3.8) is 0 Å². The molecule has 0 aliphatic rings. The third kappa shape index (κ3) is 4.71. The smallest absolute Gasteiger partial charge is 0.268 e. The fraction of sp³-hybridized carbons (Fsp3) is 0.0800. The summed E-state index contributed by atoms with van der Waals surface area (Å²) in [6.45, 7) is 0.279. The van der Waals surface area contributed by atoms with Gasteiger partial charge in [-0.2, -0.15) is 0 Å². The van der Waals surface area contributed by atoms with Crippen molar-refractivity contribution in [2.75, 3.05) is 0 Å². The Morgan fingerprint density at radius 3 is 2.62 bits per heavy atom. The number of nitrogens with one attached hydrogen (secondary N) is 2. The number of halogens is 1. The van der Waals surface area contributed by atoms with E-state index in [1.165, 1.54) is 0 Å². The van der Waals surface area contributed by atoms with Crippen molar-refractivity contribution >= 4 is 40.4 Å². The number of aromatic nitrogens is 2. The lowest BCUT2D eigenvalue weighted by molar-refractivity contribution is -0.117. The van der Waals surface area contributed by atoms with Crippen LogP contribution in [0.3, 0.4) is 0 Å². The molecule has 0 atom stereocenters. The van der Waals surface area contributed by atoms with Gasteiger partial charge in [-0.25, -0.2) is 0 Å². The second-order valence-electron chi connectivity index (χ2n) is 7.25. The molecule has 0 saturated heterocycles. The van der Waals surface area contributed by atoms with Gasteiger partial charge < -0.3 is 15.2 Å². The van der Waals surface area contributed by atoms with Gasteiger partial charge >= 0.3 is 0 Å². The molecular formula is C25H21ClN4O2. The first kappa shape index (κ1) is 21.3. The second kappa shape index (κ2) is 9.49. The largest absolute Gasteiger partial charge is 0.350 e. The highest BCUT2D eigenvalue weighted by Crippen LogP contribution is 2.23. The van der Waals surface area contributed by atoms with Crippen molar-refractivity contribution in [3.8, 4) is 0 Å². The van der Waals surface area contributed by atoms with E-state index in [1.807, 2.05) is 48.1 Å². The average molecular weight is 445 g/mol. The Morgan fingerprint density at radius 1 is 1.06 bits per heavy atom. The van der Waals surface area contributed by atoms with E-state index in [1.54, 1.807) is 48.8 Å². The summed E-state index contributed by atoms with van der Waals surface area (Å²) < 4.78 is 1.97. The van der Waals surface area contributed by atoms with Gasteiger partial charge in [-0.3, -0.25) is 14.6 Å². The molecule has 2 heterocycles. The third-order valence-corrected chi connectivity index (χ3v) is 5.34. The van der Waals surface area contributed by atoms with Gasteiger partial charge in [-0.15, -0.1) is 0 Å². The minimum absolute atomic E-state index is 0.121. The molecule has 0 fully saturated rings. The van der Waals surface area contributed by atoms with Crippen LogP contribution in [0, 0.1) is 0 Å². The first-order valence-corrected chi connectivity index (χ1v) is 10.4. The van der Waals surface area contributed by atoms with Crippen LogP contribution in [0.4, 0.5) is 0 Å². The molecule has 0 aliphatic heterocycles. The lowest BCUT2D eigenvalue weighted by Crippen LogP contribution is -2.34. The highest BCUT2D eigenvalue weighted by Gasteiger charge is 2.17. The van der Waals surface area contributed by atoms with E-state index in [4.69, 9.17) is 11.6 Å². The van der Waals surface area contributed by atoms with Gasteiger partial charge in [0.25, 0.3) is 11.8 Å². The predicted molar refractivity (Wildman–Crippen MR) is 126 cm³/mol. The van der Waals surface area contributed by atoms with Crippen LogP contribution < -0.4 is 10.6 Å². The molecule has 2 aromatic heterocycles. The zero-order chi connectivity index (χ0) is 22.5. The molecule has 6 nitrogen and oxygen atoms in total. The number of amides is 2. The number of para-hydroxylation sites is 1. The molecule has 7 heteroatoms. The Kier molecular flexibility index (Phi) is 6.33. The fourth-order valence-corrected chi connectivity index (χ4v) is 3.64. The van der Waals surface area contributed by atoms with E-state index in [-0.39, 0.29) is 17.8 Å². The molecule has 0 aliphatic carbocycles. The number of pyridine rings is 1. The van der Waals surface area contributed by atoms with Gasteiger partial charge in [0, 0.05) is 48.6 Å². The number of fused-ring (bicyclic) bond motifs is 1. The Hall–Kier alpha value is -3.90. The summed E-state index contributed by atoms with van der Waals surface area (Å²) in [6, 6.07) is 18.2. The first-order chi connectivity index (χ1) is 15.5. The highest BCUT2D eigenvalue weighted by molar-refractivity contribution is 6.34. The number of carbonyl (C=O) groups excluding carboxylic acids is 2. The number of hydrogen-bond donors (Lipinski definition) is 2. The van der Waals surface area contributed by atoms with E-state index < -0.39 is 11.8 Å². The summed E-state index contributed by atoms with van der Waals surface area (Å²) in [4.78, 5) is 30.0. The lowest BCUT2D eigenvalue weighted by atomic mass is 10.1. The Morgan fingerprint density at radius 2 is 1.84 bits per heavy atom. The normalized spacial score (nSPS) is 11.4. The molecule has 0 saturated carbocycles. The number of nitrogens with zero attached hydrogens (tertiary/aromatic N) is 2. The Labute approximate surface area is 190 Å². The zero-order valence-corrected chi connectivity index (χ0v) is 18.1. The molecular weight excluding hydrogens is 424 g/mol. The van der Waals surface area contributed by atoms with E-state index in [2.05, 4.69) is 15.6 Å². The van der Waals surface area contributed by atoms with Gasteiger partial charge in [0.05, 0.1) is 10.6 Å². The average Bonchev–Trinajstić information content (AvgIpc) is 3.13. The zero-order valence-electron chi connectivity index (χ0n) is 17.4. The van der Waals surface area contributed by atoms with Crippen LogP contribution in [0.25, 0.3) is 17.0 Å². The SMILES string of the molecule is Cn1cc(/C=C(\NC(=O)c2ccccc2Cl)C(=O)NCc2cccnc2)c2ccccc21. The molecule has 0 unspecified atom stereocenters. The number of carbonyl (C=O) groups is 2. The van der Waals surface area contributed by atoms with Gasteiger partial charge in [0.15, 0.2) is 0 Å². The maximum atomic E-state index is 13.1. The number of rotatable bonds is 6. The van der Waals surface area contributed by atoms with Gasteiger partial charge in [-0.05, 0) is 35.9 Å². The molecule has 4 rings (SSSR count). The lowest BCUT2D eigenvalue weighted by Gasteiger charge is -2.12. The summed E-state index contributed by atoms with van der Waals surface area (Å²) in [6.07, 6.45) is 6.94. The molecule has 0 bridgehead atoms. The summed E-state index contributed by atoms with van der Waals surface area (Å²) in [5.41, 5.74) is 3.09. The van der Waals surface area contributed by atoms with E-state index in [0.29, 0.717) is 5.02 Å². The van der Waals surface area contributed by atoms with E-state index >= 15 is 0 Å². The predicted octanol–water partition coefficient (Wildman–Crippen LogP) is 4.31. The third-order valence-electron chi connectivity index (χ3n) is 5.01. The molecule has 2 N–H and O–H groups in total. The minimum atomic E-state index is -0.460. The minimum Gasteiger partial charge on any atom is -0.350 e. The van der Waals surface area contributed by atoms with E-state index in [9.17, 15) is 9.59 Å². The summed E-state index contributed by atoms with van der Waals surface area (Å²) in [5, 5.41) is 6.86. The van der Waals surface area contributed by atoms with Gasteiger partial charge in [0.1, 0.15) is 5.70 Å². The second-order valence-corrected chi connectivity index (χ2v) is 7.66. The molecule has 0 spiro atoms. The van der Waals surface area contributed by atoms with Crippen molar-refractivity contribution in [1.82, 2.24) is 20.2 Å². The van der Waals surface area contributed by atoms with Crippen LogP contribution in [0.15, 0.2) is 85.0 Å². The molecule has 32 heavy (non-hydrogen) atoms. The quantitative estimate of drug-likeness (QED) is 0.435. The molecule has 2 aromatic carbocycles. The molecule has 160 valence electrons. The maximum Gasteiger partial charge on any atom is 0.268 e. The number of benzene rings is 2. The monoisotopic (exact) mass is 444 g/mol. The van der Waals surface area contributed by atoms with Crippen LogP contribution in [0.1, 0.15) is 21.5 Å². The van der Waals surface area contributed by atoms with E-state index in [0.717, 1.165) is 22.0 Å². The van der Waals surface area contributed by atoms with Crippen molar-refractivity contribution < 1.29 is 9.59 Å². The fourth-order valence-electron chi connectivity index (χ4n) is 3.42. The topological polar surface area (TPSA) is 76.0 Å². The summed E-state index contributed by atoms with van der Waals surface area (Å²) in [5.74, 6) is -0.874. The van der Waals surface area contributed by atoms with Gasteiger partial charge in [-0.1, -0.05) is 48.0 Å². The molecule has 4 aromatic rings. The maximum absolute atomic E-state index is 13.1. The van der Waals surface area contributed by atoms with Gasteiger partial charge in [0.2, 0.25) is 0 Å². The molecule has 2 amide bonds. The number of hydrogen-bond acceptors (Lipinski definition) is 3. The summed E-state index contributed by atoms with van der Waals surface area (Å²) in [7, 11) is 1.93. The van der Waals surface area contributed by atoms with Crippen LogP contribution in [-0.4, -0.2) is 21.4 Å². The molecule has 0 radical (unpaired) electrons.